The summed E-state index contributed by atoms with van der Waals surface area (Å²) in [4.78, 5) is 1.13. The Labute approximate surface area is 156 Å². The van der Waals surface area contributed by atoms with E-state index in [2.05, 4.69) is 35.2 Å². The lowest BCUT2D eigenvalue weighted by atomic mass is 10.1. The lowest BCUT2D eigenvalue weighted by Crippen LogP contribution is -2.02. The molecule has 0 aliphatic carbocycles. The molecule has 0 saturated carbocycles. The zero-order valence-electron chi connectivity index (χ0n) is 15.1. The van der Waals surface area contributed by atoms with Crippen molar-refractivity contribution in [1.82, 2.24) is 10.2 Å². The Hall–Kier alpha value is -2.86. The molecular formula is C20H21N3O2S. The molecule has 0 fully saturated rings. The largest absolute Gasteiger partial charge is 0.489 e. The van der Waals surface area contributed by atoms with E-state index in [0.29, 0.717) is 24.1 Å². The van der Waals surface area contributed by atoms with Crippen molar-refractivity contribution in [3.05, 3.63) is 64.2 Å². The van der Waals surface area contributed by atoms with E-state index in [4.69, 9.17) is 14.9 Å². The van der Waals surface area contributed by atoms with E-state index in [9.17, 15) is 0 Å². The molecule has 0 atom stereocenters. The topological polar surface area (TPSA) is 74.2 Å². The number of nitrogens with two attached hydrogens (primary N) is 1. The summed E-state index contributed by atoms with van der Waals surface area (Å²) in [6, 6.07) is 7.59. The minimum atomic E-state index is 0.408. The van der Waals surface area contributed by atoms with Gasteiger partial charge in [0, 0.05) is 34.2 Å². The fourth-order valence-corrected chi connectivity index (χ4v) is 3.70. The van der Waals surface area contributed by atoms with Crippen molar-refractivity contribution >= 4 is 22.6 Å². The molecule has 2 N–H and O–H groups in total. The molecule has 5 nitrogen and oxygen atoms in total. The van der Waals surface area contributed by atoms with Crippen molar-refractivity contribution in [2.24, 2.45) is 5.73 Å². The number of aromatic nitrogens is 2. The second-order valence-corrected chi connectivity index (χ2v) is 6.78. The van der Waals surface area contributed by atoms with E-state index >= 15 is 0 Å². The SMILES string of the molecule is C=C(N)c1c(COc2cccc(-c3nnc(C)o3)c2)csc1/C(C)=C\C. The predicted molar refractivity (Wildman–Crippen MR) is 106 cm³/mol. The molecule has 0 aliphatic rings. The first-order valence-electron chi connectivity index (χ1n) is 8.21. The molecule has 0 spiro atoms. The van der Waals surface area contributed by atoms with Crippen molar-refractivity contribution in [2.75, 3.05) is 0 Å². The van der Waals surface area contributed by atoms with E-state index in [1.54, 1.807) is 18.3 Å². The van der Waals surface area contributed by atoms with Crippen molar-refractivity contribution in [3.63, 3.8) is 0 Å². The van der Waals surface area contributed by atoms with Gasteiger partial charge < -0.3 is 14.9 Å². The van der Waals surface area contributed by atoms with Crippen LogP contribution in [0.3, 0.4) is 0 Å². The van der Waals surface area contributed by atoms with Gasteiger partial charge in [-0.25, -0.2) is 0 Å². The quantitative estimate of drug-likeness (QED) is 0.661. The number of aryl methyl sites for hydroxylation is 1. The fraction of sp³-hybridized carbons (Fsp3) is 0.200. The average Bonchev–Trinajstić information content (AvgIpc) is 3.26. The maximum absolute atomic E-state index is 6.03. The normalized spacial score (nSPS) is 11.6. The lowest BCUT2D eigenvalue weighted by molar-refractivity contribution is 0.306. The maximum Gasteiger partial charge on any atom is 0.247 e. The molecular weight excluding hydrogens is 346 g/mol. The lowest BCUT2D eigenvalue weighted by Gasteiger charge is -2.10. The molecule has 3 aromatic rings. The number of ether oxygens (including phenoxy) is 1. The van der Waals surface area contributed by atoms with Gasteiger partial charge in [0.05, 0.1) is 0 Å². The Morgan fingerprint density at radius 3 is 2.85 bits per heavy atom. The smallest absolute Gasteiger partial charge is 0.247 e. The molecule has 2 heterocycles. The molecule has 6 heteroatoms. The Bertz CT molecular complexity index is 969. The van der Waals surface area contributed by atoms with Gasteiger partial charge in [-0.2, -0.15) is 0 Å². The molecule has 0 aliphatic heterocycles. The van der Waals surface area contributed by atoms with Crippen LogP contribution in [-0.2, 0) is 6.61 Å². The monoisotopic (exact) mass is 367 g/mol. The van der Waals surface area contributed by atoms with Crippen LogP contribution in [0.4, 0.5) is 0 Å². The van der Waals surface area contributed by atoms with E-state index in [1.165, 1.54) is 5.57 Å². The molecule has 0 radical (unpaired) electrons. The van der Waals surface area contributed by atoms with Crippen molar-refractivity contribution in [2.45, 2.75) is 27.4 Å². The summed E-state index contributed by atoms with van der Waals surface area (Å²) >= 11 is 1.65. The number of rotatable bonds is 6. The standard InChI is InChI=1S/C20H21N3O2S/c1-5-12(2)19-18(13(3)21)16(11-26-19)10-24-17-8-6-7-15(9-17)20-23-22-14(4)25-20/h5-9,11H,3,10,21H2,1-2,4H3/b12-5-. The highest BCUT2D eigenvalue weighted by molar-refractivity contribution is 7.11. The van der Waals surface area contributed by atoms with Gasteiger partial charge in [-0.15, -0.1) is 21.5 Å². The maximum atomic E-state index is 6.03. The Balaban J connectivity index is 1.82. The first-order valence-corrected chi connectivity index (χ1v) is 9.09. The second-order valence-electron chi connectivity index (χ2n) is 5.90. The van der Waals surface area contributed by atoms with Crippen LogP contribution in [0, 0.1) is 6.92 Å². The number of thiophene rings is 1. The summed E-state index contributed by atoms with van der Waals surface area (Å²) in [7, 11) is 0. The highest BCUT2D eigenvalue weighted by Crippen LogP contribution is 2.33. The van der Waals surface area contributed by atoms with Gasteiger partial charge >= 0.3 is 0 Å². The van der Waals surface area contributed by atoms with Crippen LogP contribution in [0.1, 0.15) is 35.7 Å². The predicted octanol–water partition coefficient (Wildman–Crippen LogP) is 5.04. The average molecular weight is 367 g/mol. The van der Waals surface area contributed by atoms with Gasteiger partial charge in [-0.05, 0) is 43.0 Å². The number of hydrogen-bond acceptors (Lipinski definition) is 6. The minimum Gasteiger partial charge on any atom is -0.489 e. The summed E-state index contributed by atoms with van der Waals surface area (Å²) in [5.74, 6) is 1.73. The van der Waals surface area contributed by atoms with Gasteiger partial charge in [-0.1, -0.05) is 18.7 Å². The molecule has 26 heavy (non-hydrogen) atoms. The molecule has 0 amide bonds. The minimum absolute atomic E-state index is 0.408. The van der Waals surface area contributed by atoms with Crippen LogP contribution in [0.5, 0.6) is 5.75 Å². The summed E-state index contributed by atoms with van der Waals surface area (Å²) in [5, 5.41) is 9.97. The highest BCUT2D eigenvalue weighted by atomic mass is 32.1. The Morgan fingerprint density at radius 1 is 1.38 bits per heavy atom. The molecule has 134 valence electrons. The number of nitrogens with zero attached hydrogens (tertiary/aromatic N) is 2. The first kappa shape index (κ1) is 17.9. The van der Waals surface area contributed by atoms with Crippen LogP contribution in [0.25, 0.3) is 22.7 Å². The van der Waals surface area contributed by atoms with E-state index in [-0.39, 0.29) is 0 Å². The number of hydrogen-bond donors (Lipinski definition) is 1. The van der Waals surface area contributed by atoms with Gasteiger partial charge in [0.15, 0.2) is 0 Å². The molecule has 0 saturated heterocycles. The Morgan fingerprint density at radius 2 is 2.19 bits per heavy atom. The summed E-state index contributed by atoms with van der Waals surface area (Å²) in [6.07, 6.45) is 2.07. The highest BCUT2D eigenvalue weighted by Gasteiger charge is 2.15. The van der Waals surface area contributed by atoms with E-state index < -0.39 is 0 Å². The second kappa shape index (κ2) is 7.58. The summed E-state index contributed by atoms with van der Waals surface area (Å²) in [6.45, 7) is 10.2. The third-order valence-electron chi connectivity index (χ3n) is 3.98. The summed E-state index contributed by atoms with van der Waals surface area (Å²) < 4.78 is 11.4. The van der Waals surface area contributed by atoms with Crippen LogP contribution in [0.15, 0.2) is 46.7 Å². The van der Waals surface area contributed by atoms with E-state index in [0.717, 1.165) is 27.3 Å². The van der Waals surface area contributed by atoms with Gasteiger partial charge in [-0.3, -0.25) is 0 Å². The third-order valence-corrected chi connectivity index (χ3v) is 5.15. The van der Waals surface area contributed by atoms with E-state index in [1.807, 2.05) is 31.2 Å². The number of allylic oxidation sites excluding steroid dienone is 2. The van der Waals surface area contributed by atoms with Crippen molar-refractivity contribution < 1.29 is 9.15 Å². The zero-order valence-corrected chi connectivity index (χ0v) is 15.9. The molecule has 0 unspecified atom stereocenters. The summed E-state index contributed by atoms with van der Waals surface area (Å²) in [5.41, 5.74) is 10.6. The van der Waals surface area contributed by atoms with Crippen LogP contribution in [0.2, 0.25) is 0 Å². The molecule has 3 rings (SSSR count). The molecule has 0 bridgehead atoms. The van der Waals surface area contributed by atoms with Crippen LogP contribution < -0.4 is 10.5 Å². The van der Waals surface area contributed by atoms with Gasteiger partial charge in [0.2, 0.25) is 11.8 Å². The zero-order chi connectivity index (χ0) is 18.7. The van der Waals surface area contributed by atoms with Crippen molar-refractivity contribution in [3.8, 4) is 17.2 Å². The van der Waals surface area contributed by atoms with Crippen molar-refractivity contribution in [1.29, 1.82) is 0 Å². The number of benzene rings is 1. The van der Waals surface area contributed by atoms with Crippen LogP contribution in [-0.4, -0.2) is 10.2 Å². The molecule has 1 aromatic carbocycles. The fourth-order valence-electron chi connectivity index (χ4n) is 2.57. The third kappa shape index (κ3) is 3.70. The van der Waals surface area contributed by atoms with Gasteiger partial charge in [0.25, 0.3) is 0 Å². The Kier molecular flexibility index (Phi) is 5.23. The van der Waals surface area contributed by atoms with Gasteiger partial charge in [0.1, 0.15) is 12.4 Å². The first-order chi connectivity index (χ1) is 12.5. The van der Waals surface area contributed by atoms with Crippen LogP contribution >= 0.6 is 11.3 Å². The molecule has 2 aromatic heterocycles.